The summed E-state index contributed by atoms with van der Waals surface area (Å²) >= 11 is 1.78. The molecule has 1 aliphatic rings. The van der Waals surface area contributed by atoms with E-state index in [0.717, 1.165) is 30.1 Å². The number of imidazole rings is 1. The van der Waals surface area contributed by atoms with Crippen LogP contribution < -0.4 is 4.74 Å². The van der Waals surface area contributed by atoms with Crippen LogP contribution >= 0.6 is 11.3 Å². The van der Waals surface area contributed by atoms with Gasteiger partial charge in [-0.05, 0) is 59.8 Å². The van der Waals surface area contributed by atoms with E-state index in [0.29, 0.717) is 18.7 Å². The lowest BCUT2D eigenvalue weighted by atomic mass is 10.1. The minimum atomic E-state index is 0.0729. The van der Waals surface area contributed by atoms with Crippen LogP contribution in [0.3, 0.4) is 0 Å². The maximum Gasteiger partial charge on any atom is 0.254 e. The maximum atomic E-state index is 12.8. The first-order valence-corrected chi connectivity index (χ1v) is 10.1. The number of carbonyl (C=O) groups excluding carboxylic acids is 1. The smallest absolute Gasteiger partial charge is 0.254 e. The zero-order valence-electron chi connectivity index (χ0n) is 15.2. The molecule has 140 valence electrons. The molecule has 0 N–H and O–H groups in total. The normalized spacial score (nSPS) is 13.5. The van der Waals surface area contributed by atoms with Crippen molar-refractivity contribution in [2.45, 2.75) is 19.6 Å². The molecule has 1 amide bonds. The highest BCUT2D eigenvalue weighted by Gasteiger charge is 2.22. The van der Waals surface area contributed by atoms with Crippen LogP contribution in [0.5, 0.6) is 5.75 Å². The number of nitrogens with zero attached hydrogens (tertiary/aromatic N) is 3. The van der Waals surface area contributed by atoms with Gasteiger partial charge in [-0.3, -0.25) is 4.79 Å². The fourth-order valence-corrected chi connectivity index (χ4v) is 4.40. The molecule has 0 atom stereocenters. The first-order chi connectivity index (χ1) is 13.8. The Balaban J connectivity index is 1.23. The van der Waals surface area contributed by atoms with Crippen molar-refractivity contribution in [3.05, 3.63) is 88.0 Å². The van der Waals surface area contributed by atoms with E-state index in [-0.39, 0.29) is 5.91 Å². The molecule has 4 aromatic rings. The fraction of sp³-hybridized carbons (Fsp3) is 0.182. The molecule has 0 bridgehead atoms. The van der Waals surface area contributed by atoms with Gasteiger partial charge < -0.3 is 14.0 Å². The van der Waals surface area contributed by atoms with E-state index in [1.54, 1.807) is 11.3 Å². The zero-order chi connectivity index (χ0) is 18.9. The van der Waals surface area contributed by atoms with Crippen molar-refractivity contribution in [1.82, 2.24) is 14.3 Å². The fourth-order valence-electron chi connectivity index (χ4n) is 3.51. The number of benzene rings is 1. The maximum absolute atomic E-state index is 12.8. The SMILES string of the molecule is O=C(c1ccc(OCc2cn3ccccc3n2)cc1)N1CCc2sccc2C1. The number of hydrogen-bond donors (Lipinski definition) is 0. The van der Waals surface area contributed by atoms with Crippen molar-refractivity contribution in [1.29, 1.82) is 0 Å². The second-order valence-electron chi connectivity index (χ2n) is 6.86. The Labute approximate surface area is 166 Å². The second-order valence-corrected chi connectivity index (χ2v) is 7.86. The van der Waals surface area contributed by atoms with Crippen LogP contribution in [0, 0.1) is 0 Å². The van der Waals surface area contributed by atoms with Gasteiger partial charge in [0.1, 0.15) is 18.0 Å². The molecule has 0 saturated heterocycles. The standard InChI is InChI=1S/C22H19N3O2S/c26-22(25-11-8-20-17(13-25)9-12-28-20)16-4-6-19(7-5-16)27-15-18-14-24-10-2-1-3-21(24)23-18/h1-7,9-10,12,14H,8,11,13,15H2. The van der Waals surface area contributed by atoms with Crippen molar-refractivity contribution >= 4 is 22.9 Å². The molecular formula is C22H19N3O2S. The molecule has 6 heteroatoms. The molecule has 0 saturated carbocycles. The molecular weight excluding hydrogens is 370 g/mol. The summed E-state index contributed by atoms with van der Waals surface area (Å²) in [5.74, 6) is 0.802. The molecule has 0 aliphatic carbocycles. The molecule has 0 spiro atoms. The van der Waals surface area contributed by atoms with Crippen molar-refractivity contribution in [3.63, 3.8) is 0 Å². The minimum absolute atomic E-state index is 0.0729. The summed E-state index contributed by atoms with van der Waals surface area (Å²) in [6, 6.07) is 15.4. The Hall–Kier alpha value is -3.12. The topological polar surface area (TPSA) is 46.8 Å². The molecule has 1 aromatic carbocycles. The van der Waals surface area contributed by atoms with E-state index in [9.17, 15) is 4.79 Å². The van der Waals surface area contributed by atoms with E-state index in [2.05, 4.69) is 16.4 Å². The summed E-state index contributed by atoms with van der Waals surface area (Å²) in [4.78, 5) is 20.6. The predicted molar refractivity (Wildman–Crippen MR) is 109 cm³/mol. The molecule has 28 heavy (non-hydrogen) atoms. The highest BCUT2D eigenvalue weighted by molar-refractivity contribution is 7.10. The van der Waals surface area contributed by atoms with Crippen molar-refractivity contribution in [2.75, 3.05) is 6.54 Å². The molecule has 5 rings (SSSR count). The lowest BCUT2D eigenvalue weighted by Gasteiger charge is -2.27. The number of carbonyl (C=O) groups is 1. The molecule has 3 aromatic heterocycles. The summed E-state index contributed by atoms with van der Waals surface area (Å²) in [7, 11) is 0. The number of thiophene rings is 1. The average Bonchev–Trinajstić information content (AvgIpc) is 3.37. The third kappa shape index (κ3) is 3.27. The summed E-state index contributed by atoms with van der Waals surface area (Å²) in [5, 5.41) is 2.11. The van der Waals surface area contributed by atoms with E-state index in [4.69, 9.17) is 4.74 Å². The Kier molecular flexibility index (Phi) is 4.33. The molecule has 4 heterocycles. The van der Waals surface area contributed by atoms with Crippen LogP contribution in [0.4, 0.5) is 0 Å². The first kappa shape index (κ1) is 17.0. The highest BCUT2D eigenvalue weighted by atomic mass is 32.1. The van der Waals surface area contributed by atoms with Gasteiger partial charge in [0, 0.05) is 35.9 Å². The first-order valence-electron chi connectivity index (χ1n) is 9.26. The summed E-state index contributed by atoms with van der Waals surface area (Å²) in [6.07, 6.45) is 4.87. The van der Waals surface area contributed by atoms with Crippen LogP contribution in [0.2, 0.25) is 0 Å². The van der Waals surface area contributed by atoms with Crippen LogP contribution in [0.15, 0.2) is 66.3 Å². The minimum Gasteiger partial charge on any atom is -0.487 e. The van der Waals surface area contributed by atoms with Gasteiger partial charge in [-0.2, -0.15) is 0 Å². The van der Waals surface area contributed by atoms with Gasteiger partial charge >= 0.3 is 0 Å². The van der Waals surface area contributed by atoms with Gasteiger partial charge in [-0.25, -0.2) is 4.98 Å². The van der Waals surface area contributed by atoms with E-state index < -0.39 is 0 Å². The van der Waals surface area contributed by atoms with Gasteiger partial charge in [-0.15, -0.1) is 11.3 Å². The molecule has 1 aliphatic heterocycles. The van der Waals surface area contributed by atoms with Gasteiger partial charge in [0.15, 0.2) is 0 Å². The van der Waals surface area contributed by atoms with Gasteiger partial charge in [0.25, 0.3) is 5.91 Å². The number of ether oxygens (including phenoxy) is 1. The van der Waals surface area contributed by atoms with Crippen LogP contribution in [-0.2, 0) is 19.6 Å². The van der Waals surface area contributed by atoms with E-state index in [1.807, 2.05) is 64.2 Å². The zero-order valence-corrected chi connectivity index (χ0v) is 16.1. The lowest BCUT2D eigenvalue weighted by Crippen LogP contribution is -2.35. The average molecular weight is 389 g/mol. The quantitative estimate of drug-likeness (QED) is 0.526. The van der Waals surface area contributed by atoms with Crippen LogP contribution in [-0.4, -0.2) is 26.7 Å². The molecule has 0 radical (unpaired) electrons. The largest absolute Gasteiger partial charge is 0.487 e. The summed E-state index contributed by atoms with van der Waals surface area (Å²) in [5.41, 5.74) is 3.74. The number of rotatable bonds is 4. The second kappa shape index (κ2) is 7.13. The number of hydrogen-bond acceptors (Lipinski definition) is 4. The third-order valence-electron chi connectivity index (χ3n) is 5.00. The molecule has 5 nitrogen and oxygen atoms in total. The van der Waals surface area contributed by atoms with Gasteiger partial charge in [-0.1, -0.05) is 6.07 Å². The monoisotopic (exact) mass is 389 g/mol. The number of amides is 1. The van der Waals surface area contributed by atoms with E-state index in [1.165, 1.54) is 10.4 Å². The molecule has 0 unspecified atom stereocenters. The van der Waals surface area contributed by atoms with Crippen molar-refractivity contribution in [2.24, 2.45) is 0 Å². The summed E-state index contributed by atoms with van der Waals surface area (Å²) in [6.45, 7) is 1.87. The van der Waals surface area contributed by atoms with Crippen molar-refractivity contribution in [3.8, 4) is 5.75 Å². The Morgan fingerprint density at radius 1 is 1.14 bits per heavy atom. The lowest BCUT2D eigenvalue weighted by molar-refractivity contribution is 0.0736. The summed E-state index contributed by atoms with van der Waals surface area (Å²) < 4.78 is 7.81. The predicted octanol–water partition coefficient (Wildman–Crippen LogP) is 4.17. The van der Waals surface area contributed by atoms with Crippen LogP contribution in [0.25, 0.3) is 5.65 Å². The Bertz CT molecular complexity index is 1100. The highest BCUT2D eigenvalue weighted by Crippen LogP contribution is 2.25. The van der Waals surface area contributed by atoms with Gasteiger partial charge in [0.2, 0.25) is 0 Å². The Morgan fingerprint density at radius 2 is 2.04 bits per heavy atom. The third-order valence-corrected chi connectivity index (χ3v) is 6.02. The van der Waals surface area contributed by atoms with Crippen LogP contribution in [0.1, 0.15) is 26.5 Å². The van der Waals surface area contributed by atoms with E-state index >= 15 is 0 Å². The van der Waals surface area contributed by atoms with Crippen molar-refractivity contribution < 1.29 is 9.53 Å². The molecule has 0 fully saturated rings. The number of pyridine rings is 1. The number of fused-ring (bicyclic) bond motifs is 2. The number of aromatic nitrogens is 2. The Morgan fingerprint density at radius 3 is 2.89 bits per heavy atom. The van der Waals surface area contributed by atoms with Gasteiger partial charge in [0.05, 0.1) is 5.69 Å².